The summed E-state index contributed by atoms with van der Waals surface area (Å²) in [6, 6.07) is 14.1. The Morgan fingerprint density at radius 1 is 1.15 bits per heavy atom. The molecule has 3 aromatic heterocycles. The van der Waals surface area contributed by atoms with Crippen LogP contribution in [-0.4, -0.2) is 34.2 Å². The van der Waals surface area contributed by atoms with Crippen molar-refractivity contribution in [3.63, 3.8) is 0 Å². The van der Waals surface area contributed by atoms with Gasteiger partial charge in [-0.15, -0.1) is 16.4 Å². The van der Waals surface area contributed by atoms with Gasteiger partial charge in [-0.3, -0.25) is 10.1 Å². The standard InChI is InChI=1S/C23H18N4O5S/c1-13-9-21(29)32-19-10-16(7-8-17(13)19)31-11-20(28)24-22-25-23-27(26-22)18(12-33-23)14-3-5-15(30-2)6-4-14/h3-10,12H,11H2,1-2H3,(H,24,26,28). The van der Waals surface area contributed by atoms with E-state index in [0.29, 0.717) is 16.3 Å². The van der Waals surface area contributed by atoms with E-state index in [1.54, 1.807) is 29.8 Å². The summed E-state index contributed by atoms with van der Waals surface area (Å²) in [7, 11) is 1.62. The van der Waals surface area contributed by atoms with Gasteiger partial charge < -0.3 is 13.9 Å². The monoisotopic (exact) mass is 462 g/mol. The van der Waals surface area contributed by atoms with Crippen LogP contribution >= 0.6 is 11.3 Å². The Kier molecular flexibility index (Phi) is 5.27. The highest BCUT2D eigenvalue weighted by atomic mass is 32.1. The van der Waals surface area contributed by atoms with Crippen molar-refractivity contribution >= 4 is 39.1 Å². The molecule has 0 aliphatic carbocycles. The molecule has 3 heterocycles. The molecule has 33 heavy (non-hydrogen) atoms. The fraction of sp³-hybridized carbons (Fsp3) is 0.130. The van der Waals surface area contributed by atoms with Gasteiger partial charge in [-0.25, -0.2) is 9.31 Å². The summed E-state index contributed by atoms with van der Waals surface area (Å²) in [4.78, 5) is 29.0. The summed E-state index contributed by atoms with van der Waals surface area (Å²) in [5.74, 6) is 0.947. The molecule has 10 heteroatoms. The van der Waals surface area contributed by atoms with Crippen LogP contribution in [0.4, 0.5) is 5.95 Å². The predicted octanol–water partition coefficient (Wildman–Crippen LogP) is 3.90. The number of fused-ring (bicyclic) bond motifs is 2. The van der Waals surface area contributed by atoms with Crippen LogP contribution in [0.2, 0.25) is 0 Å². The molecule has 0 aliphatic rings. The normalized spacial score (nSPS) is 11.1. The molecule has 0 atom stereocenters. The Hall–Kier alpha value is -4.18. The first-order valence-electron chi connectivity index (χ1n) is 9.96. The van der Waals surface area contributed by atoms with Gasteiger partial charge in [-0.05, 0) is 48.9 Å². The minimum atomic E-state index is -0.435. The van der Waals surface area contributed by atoms with Gasteiger partial charge in [0.05, 0.1) is 12.8 Å². The van der Waals surface area contributed by atoms with Gasteiger partial charge in [0.15, 0.2) is 6.61 Å². The summed E-state index contributed by atoms with van der Waals surface area (Å²) in [5, 5.41) is 9.80. The van der Waals surface area contributed by atoms with Crippen molar-refractivity contribution < 1.29 is 18.7 Å². The molecule has 0 bridgehead atoms. The number of carbonyl (C=O) groups excluding carboxylic acids is 1. The van der Waals surface area contributed by atoms with Gasteiger partial charge >= 0.3 is 5.63 Å². The zero-order valence-electron chi connectivity index (χ0n) is 17.7. The van der Waals surface area contributed by atoms with Crippen LogP contribution in [0, 0.1) is 6.92 Å². The maximum atomic E-state index is 12.4. The van der Waals surface area contributed by atoms with Crippen molar-refractivity contribution in [1.29, 1.82) is 0 Å². The van der Waals surface area contributed by atoms with E-state index in [2.05, 4.69) is 15.4 Å². The van der Waals surface area contributed by atoms with E-state index < -0.39 is 11.5 Å². The van der Waals surface area contributed by atoms with Crippen LogP contribution in [0.25, 0.3) is 27.2 Å². The SMILES string of the molecule is COc1ccc(-c2csc3nc(NC(=O)COc4ccc5c(C)cc(=O)oc5c4)nn23)cc1. The van der Waals surface area contributed by atoms with Crippen molar-refractivity contribution in [3.05, 3.63) is 69.9 Å². The Bertz CT molecular complexity index is 1530. The topological polar surface area (TPSA) is 108 Å². The third-order valence-corrected chi connectivity index (χ3v) is 5.83. The molecular formula is C23H18N4O5S. The molecule has 0 fully saturated rings. The summed E-state index contributed by atoms with van der Waals surface area (Å²) >= 11 is 1.42. The molecule has 0 radical (unpaired) electrons. The number of hydrogen-bond acceptors (Lipinski definition) is 8. The molecule has 5 rings (SSSR count). The minimum Gasteiger partial charge on any atom is -0.497 e. The number of ether oxygens (including phenoxy) is 2. The highest BCUT2D eigenvalue weighted by molar-refractivity contribution is 7.15. The number of carbonyl (C=O) groups is 1. The number of aromatic nitrogens is 3. The van der Waals surface area contributed by atoms with E-state index >= 15 is 0 Å². The maximum Gasteiger partial charge on any atom is 0.336 e. The number of aryl methyl sites for hydroxylation is 1. The van der Waals surface area contributed by atoms with Crippen molar-refractivity contribution in [3.8, 4) is 22.8 Å². The summed E-state index contributed by atoms with van der Waals surface area (Å²) < 4.78 is 17.6. The van der Waals surface area contributed by atoms with E-state index in [1.165, 1.54) is 17.4 Å². The van der Waals surface area contributed by atoms with E-state index in [9.17, 15) is 9.59 Å². The number of amides is 1. The molecule has 9 nitrogen and oxygen atoms in total. The number of methoxy groups -OCH3 is 1. The van der Waals surface area contributed by atoms with Crippen LogP contribution < -0.4 is 20.4 Å². The van der Waals surface area contributed by atoms with Crippen molar-refractivity contribution in [1.82, 2.24) is 14.6 Å². The summed E-state index contributed by atoms with van der Waals surface area (Å²) in [5.41, 5.74) is 2.58. The fourth-order valence-electron chi connectivity index (χ4n) is 3.40. The minimum absolute atomic E-state index is 0.186. The van der Waals surface area contributed by atoms with Gasteiger partial charge in [0.2, 0.25) is 4.96 Å². The molecule has 1 amide bonds. The van der Waals surface area contributed by atoms with E-state index in [1.807, 2.05) is 36.6 Å². The van der Waals surface area contributed by atoms with E-state index in [-0.39, 0.29) is 12.6 Å². The number of nitrogens with zero attached hydrogens (tertiary/aromatic N) is 3. The Balaban J connectivity index is 1.28. The average Bonchev–Trinajstić information content (AvgIpc) is 3.37. The first kappa shape index (κ1) is 20.7. The lowest BCUT2D eigenvalue weighted by Crippen LogP contribution is -2.21. The Morgan fingerprint density at radius 2 is 1.94 bits per heavy atom. The highest BCUT2D eigenvalue weighted by Crippen LogP contribution is 2.27. The lowest BCUT2D eigenvalue weighted by Gasteiger charge is -2.07. The van der Waals surface area contributed by atoms with Crippen LogP contribution in [0.15, 0.2) is 63.1 Å². The van der Waals surface area contributed by atoms with Gasteiger partial charge in [0.25, 0.3) is 11.9 Å². The van der Waals surface area contributed by atoms with E-state index in [0.717, 1.165) is 28.0 Å². The zero-order chi connectivity index (χ0) is 22.9. The summed E-state index contributed by atoms with van der Waals surface area (Å²) in [6.45, 7) is 1.58. The third-order valence-electron chi connectivity index (χ3n) is 5.01. The quantitative estimate of drug-likeness (QED) is 0.381. The van der Waals surface area contributed by atoms with Crippen molar-refractivity contribution in [2.75, 3.05) is 19.0 Å². The van der Waals surface area contributed by atoms with Crippen LogP contribution in [-0.2, 0) is 4.79 Å². The van der Waals surface area contributed by atoms with Gasteiger partial charge in [-0.2, -0.15) is 4.98 Å². The van der Waals surface area contributed by atoms with Crippen molar-refractivity contribution in [2.24, 2.45) is 0 Å². The lowest BCUT2D eigenvalue weighted by atomic mass is 10.1. The molecule has 166 valence electrons. The number of benzene rings is 2. The van der Waals surface area contributed by atoms with Gasteiger partial charge in [-0.1, -0.05) is 0 Å². The molecular weight excluding hydrogens is 444 g/mol. The molecule has 2 aromatic carbocycles. The number of thiazole rings is 1. The number of nitrogens with one attached hydrogen (secondary N) is 1. The highest BCUT2D eigenvalue weighted by Gasteiger charge is 2.14. The molecule has 0 saturated carbocycles. The number of rotatable bonds is 6. The van der Waals surface area contributed by atoms with Gasteiger partial charge in [0.1, 0.15) is 17.1 Å². The lowest BCUT2D eigenvalue weighted by molar-refractivity contribution is -0.118. The molecule has 0 spiro atoms. The largest absolute Gasteiger partial charge is 0.497 e. The number of hydrogen-bond donors (Lipinski definition) is 1. The molecule has 0 unspecified atom stereocenters. The fourth-order valence-corrected chi connectivity index (χ4v) is 4.23. The predicted molar refractivity (Wildman–Crippen MR) is 124 cm³/mol. The average molecular weight is 462 g/mol. The van der Waals surface area contributed by atoms with E-state index in [4.69, 9.17) is 13.9 Å². The Morgan fingerprint density at radius 3 is 2.73 bits per heavy atom. The number of anilines is 1. The second kappa shape index (κ2) is 8.40. The molecule has 5 aromatic rings. The first-order valence-corrected chi connectivity index (χ1v) is 10.8. The zero-order valence-corrected chi connectivity index (χ0v) is 18.5. The second-order valence-corrected chi connectivity index (χ2v) is 8.06. The van der Waals surface area contributed by atoms with Crippen LogP contribution in [0.1, 0.15) is 5.56 Å². The smallest absolute Gasteiger partial charge is 0.336 e. The Labute approximate surface area is 191 Å². The van der Waals surface area contributed by atoms with Gasteiger partial charge in [0, 0.05) is 28.5 Å². The van der Waals surface area contributed by atoms with Crippen LogP contribution in [0.3, 0.4) is 0 Å². The second-order valence-electron chi connectivity index (χ2n) is 7.22. The molecule has 0 saturated heterocycles. The summed E-state index contributed by atoms with van der Waals surface area (Å²) in [6.07, 6.45) is 0. The first-order chi connectivity index (χ1) is 16.0. The molecule has 1 N–H and O–H groups in total. The van der Waals surface area contributed by atoms with Crippen LogP contribution in [0.5, 0.6) is 11.5 Å². The third kappa shape index (κ3) is 4.15. The van der Waals surface area contributed by atoms with Crippen molar-refractivity contribution in [2.45, 2.75) is 6.92 Å². The molecule has 0 aliphatic heterocycles. The maximum absolute atomic E-state index is 12.4.